The van der Waals surface area contributed by atoms with Crippen LogP contribution in [-0.2, 0) is 0 Å². The van der Waals surface area contributed by atoms with Crippen LogP contribution in [0.2, 0.25) is 0 Å². The fourth-order valence-electron chi connectivity index (χ4n) is 5.66. The van der Waals surface area contributed by atoms with E-state index in [4.69, 9.17) is 0 Å². The largest absolute Gasteiger partial charge is 0.377 e. The third-order valence-electron chi connectivity index (χ3n) is 7.51. The number of nitrogens with zero attached hydrogens (tertiary/aromatic N) is 4. The first-order valence-electron chi connectivity index (χ1n) is 14.1. The Balaban J connectivity index is 2.14. The van der Waals surface area contributed by atoms with E-state index in [2.05, 4.69) is 187 Å². The Labute approximate surface area is 251 Å². The molecule has 4 nitrogen and oxygen atoms in total. The Kier molecular flexibility index (Phi) is 9.68. The van der Waals surface area contributed by atoms with E-state index in [0.717, 1.165) is 0 Å². The first-order valence-corrected chi connectivity index (χ1v) is 16.8. The second-order valence-corrected chi connectivity index (χ2v) is 17.6. The zero-order chi connectivity index (χ0) is 29.9. The lowest BCUT2D eigenvalue weighted by molar-refractivity contribution is 1.00. The Morgan fingerprint density at radius 2 is 0.561 bits per heavy atom. The van der Waals surface area contributed by atoms with Crippen LogP contribution in [-0.4, -0.2) is 61.3 Å². The van der Waals surface area contributed by atoms with Gasteiger partial charge in [0.25, 0.3) is 0 Å². The molecular formula is C35H46N4P2. The van der Waals surface area contributed by atoms with E-state index in [1.807, 2.05) is 0 Å². The normalized spacial score (nSPS) is 11.6. The number of benzene rings is 4. The quantitative estimate of drug-likeness (QED) is 0.204. The third kappa shape index (κ3) is 6.25. The molecule has 0 aromatic heterocycles. The molecule has 41 heavy (non-hydrogen) atoms. The molecule has 0 radical (unpaired) electrons. The van der Waals surface area contributed by atoms with Crippen molar-refractivity contribution in [1.29, 1.82) is 0 Å². The van der Waals surface area contributed by atoms with Gasteiger partial charge in [-0.3, -0.25) is 0 Å². The monoisotopic (exact) mass is 584 g/mol. The van der Waals surface area contributed by atoms with E-state index in [-0.39, 0.29) is 4.90 Å². The summed E-state index contributed by atoms with van der Waals surface area (Å²) in [5.74, 6) is 0. The van der Waals surface area contributed by atoms with E-state index in [0.29, 0.717) is 0 Å². The number of para-hydroxylation sites is 4. The first kappa shape index (κ1) is 30.9. The Bertz CT molecular complexity index is 1250. The molecule has 0 saturated heterocycles. The van der Waals surface area contributed by atoms with E-state index >= 15 is 0 Å². The minimum absolute atomic E-state index is 0.124. The lowest BCUT2D eigenvalue weighted by atomic mass is 10.3. The lowest BCUT2D eigenvalue weighted by Gasteiger charge is -2.46. The van der Waals surface area contributed by atoms with Crippen LogP contribution >= 0.6 is 15.8 Å². The van der Waals surface area contributed by atoms with E-state index in [9.17, 15) is 0 Å². The highest BCUT2D eigenvalue weighted by molar-refractivity contribution is 7.91. The number of rotatable bonds is 10. The van der Waals surface area contributed by atoms with Gasteiger partial charge >= 0.3 is 0 Å². The van der Waals surface area contributed by atoms with Crippen LogP contribution in [0.3, 0.4) is 0 Å². The minimum Gasteiger partial charge on any atom is -0.377 e. The van der Waals surface area contributed by atoms with E-state index in [1.54, 1.807) is 0 Å². The summed E-state index contributed by atoms with van der Waals surface area (Å²) < 4.78 is 0. The van der Waals surface area contributed by atoms with Gasteiger partial charge in [-0.1, -0.05) is 86.6 Å². The molecule has 0 heterocycles. The molecule has 0 saturated carbocycles. The molecule has 0 unspecified atom stereocenters. The lowest BCUT2D eigenvalue weighted by Crippen LogP contribution is -2.38. The van der Waals surface area contributed by atoms with Gasteiger partial charge < -0.3 is 19.6 Å². The van der Waals surface area contributed by atoms with Crippen LogP contribution in [0.5, 0.6) is 0 Å². The van der Waals surface area contributed by atoms with Crippen LogP contribution in [0.4, 0.5) is 22.7 Å². The van der Waals surface area contributed by atoms with Crippen molar-refractivity contribution in [2.24, 2.45) is 0 Å². The van der Waals surface area contributed by atoms with E-state index in [1.165, 1.54) is 44.0 Å². The van der Waals surface area contributed by atoms with Gasteiger partial charge in [-0.2, -0.15) is 0 Å². The Morgan fingerprint density at radius 1 is 0.366 bits per heavy atom. The van der Waals surface area contributed by atoms with Gasteiger partial charge in [-0.05, 0) is 40.1 Å². The van der Waals surface area contributed by atoms with Crippen molar-refractivity contribution in [1.82, 2.24) is 0 Å². The summed E-state index contributed by atoms with van der Waals surface area (Å²) in [6, 6.07) is 36.2. The molecule has 0 bridgehead atoms. The van der Waals surface area contributed by atoms with Crippen molar-refractivity contribution in [3.63, 3.8) is 0 Å². The Morgan fingerprint density at radius 3 is 0.756 bits per heavy atom. The highest BCUT2D eigenvalue weighted by Gasteiger charge is 2.44. The maximum absolute atomic E-state index is 2.53. The number of anilines is 4. The fraction of sp³-hybridized carbons (Fsp3) is 0.314. The van der Waals surface area contributed by atoms with Crippen molar-refractivity contribution < 1.29 is 0 Å². The first-order chi connectivity index (χ1) is 19.5. The molecule has 4 aromatic rings. The average Bonchev–Trinajstić information content (AvgIpc) is 2.93. The van der Waals surface area contributed by atoms with Gasteiger partial charge in [0.1, 0.15) is 0 Å². The Hall–Kier alpha value is -3.06. The van der Waals surface area contributed by atoms with Crippen molar-refractivity contribution in [2.45, 2.75) is 18.7 Å². The predicted molar refractivity (Wildman–Crippen MR) is 190 cm³/mol. The van der Waals surface area contributed by atoms with Crippen molar-refractivity contribution >= 4 is 59.8 Å². The zero-order valence-electron chi connectivity index (χ0n) is 26.4. The summed E-state index contributed by atoms with van der Waals surface area (Å²) in [4.78, 5) is 9.00. The van der Waals surface area contributed by atoms with Crippen molar-refractivity contribution in [3.8, 4) is 0 Å². The number of hydrogen-bond acceptors (Lipinski definition) is 4. The van der Waals surface area contributed by atoms with Gasteiger partial charge in [0.2, 0.25) is 0 Å². The molecule has 0 aliphatic carbocycles. The summed E-state index contributed by atoms with van der Waals surface area (Å²) in [5.41, 5.74) is 5.16. The molecule has 0 spiro atoms. The third-order valence-corrected chi connectivity index (χ3v) is 14.3. The molecule has 4 rings (SSSR count). The molecular weight excluding hydrogens is 538 g/mol. The summed E-state index contributed by atoms with van der Waals surface area (Å²) >= 11 is 0. The maximum atomic E-state index is 2.53. The molecule has 0 aliphatic rings. The standard InChI is InChI=1S/C35H46N4P2/c1-35(2,40(31-23-15-11-19-27(31)36(3)4)32-24-16-12-20-28(32)37(5)6)41(33-25-17-13-21-29(33)38(7)8)34-26-18-14-22-30(34)39(9)10/h11-26H,1-10H3. The molecule has 4 aromatic carbocycles. The van der Waals surface area contributed by atoms with E-state index < -0.39 is 15.8 Å². The van der Waals surface area contributed by atoms with Crippen molar-refractivity contribution in [2.75, 3.05) is 76.0 Å². The second-order valence-electron chi connectivity index (χ2n) is 11.7. The summed E-state index contributed by atoms with van der Waals surface area (Å²) in [6.45, 7) is 5.06. The molecule has 0 amide bonds. The molecule has 0 N–H and O–H groups in total. The topological polar surface area (TPSA) is 13.0 Å². The predicted octanol–water partition coefficient (Wildman–Crippen LogP) is 6.25. The smallest absolute Gasteiger partial charge is 0.0442 e. The molecule has 216 valence electrons. The zero-order valence-corrected chi connectivity index (χ0v) is 28.2. The summed E-state index contributed by atoms with van der Waals surface area (Å²) in [7, 11) is 15.7. The second kappa shape index (κ2) is 12.8. The van der Waals surface area contributed by atoms with Gasteiger partial charge in [0, 0.05) is 105 Å². The van der Waals surface area contributed by atoms with Gasteiger partial charge in [0.05, 0.1) is 0 Å². The molecule has 0 atom stereocenters. The van der Waals surface area contributed by atoms with Crippen LogP contribution in [0.15, 0.2) is 97.1 Å². The summed E-state index contributed by atoms with van der Waals surface area (Å²) in [5, 5.41) is 5.68. The molecule has 0 aliphatic heterocycles. The molecule has 6 heteroatoms. The SMILES string of the molecule is CN(C)c1ccccc1P(c1ccccc1N(C)C)C(C)(C)P(c1ccccc1N(C)C)c1ccccc1N(C)C. The minimum atomic E-state index is -0.842. The maximum Gasteiger partial charge on any atom is 0.0442 e. The van der Waals surface area contributed by atoms with Crippen LogP contribution in [0, 0.1) is 0 Å². The van der Waals surface area contributed by atoms with Crippen LogP contribution < -0.4 is 40.8 Å². The summed E-state index contributed by atoms with van der Waals surface area (Å²) in [6.07, 6.45) is 0. The van der Waals surface area contributed by atoms with Crippen LogP contribution in [0.1, 0.15) is 13.8 Å². The van der Waals surface area contributed by atoms with Gasteiger partial charge in [-0.15, -0.1) is 0 Å². The van der Waals surface area contributed by atoms with Crippen LogP contribution in [0.25, 0.3) is 0 Å². The van der Waals surface area contributed by atoms with Gasteiger partial charge in [-0.25, -0.2) is 0 Å². The molecule has 0 fully saturated rings. The number of hydrogen-bond donors (Lipinski definition) is 0. The highest BCUT2D eigenvalue weighted by Crippen LogP contribution is 2.67. The average molecular weight is 585 g/mol. The van der Waals surface area contributed by atoms with Gasteiger partial charge in [0.15, 0.2) is 0 Å². The highest BCUT2D eigenvalue weighted by atomic mass is 31.2. The fourth-order valence-corrected chi connectivity index (χ4v) is 13.6. The van der Waals surface area contributed by atoms with Crippen molar-refractivity contribution in [3.05, 3.63) is 97.1 Å².